The number of hydrogen-bond acceptors (Lipinski definition) is 6. The Morgan fingerprint density at radius 2 is 2.18 bits per heavy atom. The van der Waals surface area contributed by atoms with Gasteiger partial charge in [0.05, 0.1) is 11.3 Å². The van der Waals surface area contributed by atoms with E-state index in [9.17, 15) is 9.59 Å². The standard InChI is InChI=1S/C20H27N5O3/c1-5-17(26)25-10-15(7-6-14(25)4)23-18-16-8-9-24(19(16)22-11-21-18)12-28-20(27)13(2)3/h5,8-9,11,13-15H,1,6-7,10,12H2,2-4H3,(H,21,22,23)/t14-,15+/m0/s1. The van der Waals surface area contributed by atoms with Crippen molar-refractivity contribution in [2.45, 2.75) is 52.4 Å². The number of ether oxygens (including phenoxy) is 1. The number of likely N-dealkylation sites (tertiary alicyclic amines) is 1. The molecule has 2 aromatic heterocycles. The molecule has 2 aromatic rings. The summed E-state index contributed by atoms with van der Waals surface area (Å²) in [6, 6.07) is 2.20. The average molecular weight is 385 g/mol. The van der Waals surface area contributed by atoms with E-state index in [1.54, 1.807) is 18.4 Å². The summed E-state index contributed by atoms with van der Waals surface area (Å²) in [5.74, 6) is 0.232. The molecule has 0 saturated carbocycles. The molecule has 28 heavy (non-hydrogen) atoms. The zero-order valence-electron chi connectivity index (χ0n) is 16.6. The molecule has 3 heterocycles. The lowest BCUT2D eigenvalue weighted by molar-refractivity contribution is -0.151. The Morgan fingerprint density at radius 3 is 2.89 bits per heavy atom. The number of esters is 1. The Bertz CT molecular complexity index is 876. The van der Waals surface area contributed by atoms with Gasteiger partial charge in [-0.2, -0.15) is 0 Å². The van der Waals surface area contributed by atoms with Crippen LogP contribution >= 0.6 is 0 Å². The van der Waals surface area contributed by atoms with E-state index in [2.05, 4.69) is 28.8 Å². The van der Waals surface area contributed by atoms with E-state index in [-0.39, 0.29) is 36.6 Å². The van der Waals surface area contributed by atoms with Gasteiger partial charge in [0.2, 0.25) is 5.91 Å². The second-order valence-electron chi connectivity index (χ2n) is 7.45. The van der Waals surface area contributed by atoms with Crippen LogP contribution in [0.2, 0.25) is 0 Å². The summed E-state index contributed by atoms with van der Waals surface area (Å²) in [6.45, 7) is 9.95. The van der Waals surface area contributed by atoms with Crippen molar-refractivity contribution in [3.05, 3.63) is 31.2 Å². The van der Waals surface area contributed by atoms with E-state index >= 15 is 0 Å². The SMILES string of the molecule is C=CC(=O)N1C[C@H](Nc2ncnc3c2ccn3COC(=O)C(C)C)CC[C@@H]1C. The van der Waals surface area contributed by atoms with Gasteiger partial charge in [0, 0.05) is 24.8 Å². The number of aromatic nitrogens is 3. The van der Waals surface area contributed by atoms with Gasteiger partial charge in [-0.15, -0.1) is 0 Å². The van der Waals surface area contributed by atoms with E-state index in [1.165, 1.54) is 12.4 Å². The van der Waals surface area contributed by atoms with Crippen LogP contribution in [0, 0.1) is 5.92 Å². The molecular weight excluding hydrogens is 358 g/mol. The number of rotatable bonds is 6. The Hall–Kier alpha value is -2.90. The first kappa shape index (κ1) is 19.9. The Morgan fingerprint density at radius 1 is 1.39 bits per heavy atom. The Labute approximate surface area is 164 Å². The molecule has 3 rings (SSSR count). The number of carbonyl (C=O) groups is 2. The molecule has 1 aliphatic heterocycles. The van der Waals surface area contributed by atoms with Gasteiger partial charge in [-0.3, -0.25) is 14.2 Å². The van der Waals surface area contributed by atoms with Crippen molar-refractivity contribution in [1.82, 2.24) is 19.4 Å². The second kappa shape index (κ2) is 8.41. The maximum absolute atomic E-state index is 12.1. The molecule has 0 radical (unpaired) electrons. The van der Waals surface area contributed by atoms with Gasteiger partial charge in [-0.05, 0) is 31.9 Å². The van der Waals surface area contributed by atoms with Crippen molar-refractivity contribution in [2.24, 2.45) is 5.92 Å². The molecule has 1 saturated heterocycles. The van der Waals surface area contributed by atoms with Gasteiger partial charge >= 0.3 is 5.97 Å². The maximum atomic E-state index is 12.1. The van der Waals surface area contributed by atoms with Crippen LogP contribution < -0.4 is 5.32 Å². The number of anilines is 1. The van der Waals surface area contributed by atoms with Crippen molar-refractivity contribution >= 4 is 28.7 Å². The van der Waals surface area contributed by atoms with Crippen LogP contribution in [0.15, 0.2) is 31.2 Å². The molecular formula is C20H27N5O3. The fourth-order valence-electron chi connectivity index (χ4n) is 3.37. The molecule has 150 valence electrons. The molecule has 8 heteroatoms. The fraction of sp³-hybridized carbons (Fsp3) is 0.500. The monoisotopic (exact) mass is 385 g/mol. The molecule has 0 spiro atoms. The van der Waals surface area contributed by atoms with Gasteiger partial charge in [0.25, 0.3) is 0 Å². The van der Waals surface area contributed by atoms with Crippen molar-refractivity contribution in [2.75, 3.05) is 11.9 Å². The highest BCUT2D eigenvalue weighted by molar-refractivity contribution is 5.88. The lowest BCUT2D eigenvalue weighted by Gasteiger charge is -2.38. The molecule has 1 amide bonds. The predicted octanol–water partition coefficient (Wildman–Crippen LogP) is 2.57. The Kier molecular flexibility index (Phi) is 5.96. The number of nitrogens with one attached hydrogen (secondary N) is 1. The smallest absolute Gasteiger partial charge is 0.310 e. The van der Waals surface area contributed by atoms with Crippen molar-refractivity contribution in [1.29, 1.82) is 0 Å². The molecule has 1 N–H and O–H groups in total. The highest BCUT2D eigenvalue weighted by Gasteiger charge is 2.28. The van der Waals surface area contributed by atoms with Crippen LogP contribution in [-0.2, 0) is 21.1 Å². The van der Waals surface area contributed by atoms with Crippen LogP contribution in [-0.4, -0.2) is 49.9 Å². The minimum atomic E-state index is -0.252. The minimum absolute atomic E-state index is 0.0510. The first-order valence-electron chi connectivity index (χ1n) is 9.56. The van der Waals surface area contributed by atoms with Gasteiger partial charge in [0.15, 0.2) is 6.73 Å². The largest absolute Gasteiger partial charge is 0.444 e. The summed E-state index contributed by atoms with van der Waals surface area (Å²) >= 11 is 0. The zero-order valence-corrected chi connectivity index (χ0v) is 16.6. The molecule has 0 bridgehead atoms. The first-order chi connectivity index (χ1) is 13.4. The average Bonchev–Trinajstić information content (AvgIpc) is 3.11. The summed E-state index contributed by atoms with van der Waals surface area (Å²) in [5, 5.41) is 4.30. The van der Waals surface area contributed by atoms with Crippen LogP contribution in [0.25, 0.3) is 11.0 Å². The van der Waals surface area contributed by atoms with E-state index in [1.807, 2.05) is 17.2 Å². The maximum Gasteiger partial charge on any atom is 0.310 e. The number of piperidine rings is 1. The van der Waals surface area contributed by atoms with E-state index in [0.717, 1.165) is 18.2 Å². The summed E-state index contributed by atoms with van der Waals surface area (Å²) in [6.07, 6.45) is 6.54. The summed E-state index contributed by atoms with van der Waals surface area (Å²) in [4.78, 5) is 34.3. The van der Waals surface area contributed by atoms with Crippen LogP contribution in [0.1, 0.15) is 33.6 Å². The third kappa shape index (κ3) is 4.16. The van der Waals surface area contributed by atoms with Crippen LogP contribution in [0.3, 0.4) is 0 Å². The van der Waals surface area contributed by atoms with Gasteiger partial charge in [-0.25, -0.2) is 9.97 Å². The highest BCUT2D eigenvalue weighted by atomic mass is 16.5. The molecule has 0 aromatic carbocycles. The van der Waals surface area contributed by atoms with Crippen LogP contribution in [0.5, 0.6) is 0 Å². The highest BCUT2D eigenvalue weighted by Crippen LogP contribution is 2.25. The summed E-state index contributed by atoms with van der Waals surface area (Å²) < 4.78 is 7.08. The lowest BCUT2D eigenvalue weighted by atomic mass is 9.99. The molecule has 8 nitrogen and oxygen atoms in total. The van der Waals surface area contributed by atoms with E-state index in [4.69, 9.17) is 4.74 Å². The normalized spacial score (nSPS) is 19.6. The van der Waals surface area contributed by atoms with E-state index in [0.29, 0.717) is 18.0 Å². The topological polar surface area (TPSA) is 89.3 Å². The summed E-state index contributed by atoms with van der Waals surface area (Å²) in [5.41, 5.74) is 0.692. The van der Waals surface area contributed by atoms with E-state index < -0.39 is 0 Å². The molecule has 1 aliphatic rings. The third-order valence-electron chi connectivity index (χ3n) is 5.05. The third-order valence-corrected chi connectivity index (χ3v) is 5.05. The molecule has 0 unspecified atom stereocenters. The Balaban J connectivity index is 1.74. The lowest BCUT2D eigenvalue weighted by Crippen LogP contribution is -2.49. The zero-order chi connectivity index (χ0) is 20.3. The minimum Gasteiger partial charge on any atom is -0.444 e. The molecule has 2 atom stereocenters. The van der Waals surface area contributed by atoms with Crippen molar-refractivity contribution < 1.29 is 14.3 Å². The fourth-order valence-corrected chi connectivity index (χ4v) is 3.37. The molecule has 1 fully saturated rings. The predicted molar refractivity (Wildman–Crippen MR) is 106 cm³/mol. The van der Waals surface area contributed by atoms with Gasteiger partial charge in [-0.1, -0.05) is 20.4 Å². The van der Waals surface area contributed by atoms with Crippen molar-refractivity contribution in [3.8, 4) is 0 Å². The molecule has 0 aliphatic carbocycles. The number of carbonyl (C=O) groups excluding carboxylic acids is 2. The second-order valence-corrected chi connectivity index (χ2v) is 7.45. The number of hydrogen-bond donors (Lipinski definition) is 1. The van der Waals surface area contributed by atoms with Crippen LogP contribution in [0.4, 0.5) is 5.82 Å². The number of amides is 1. The first-order valence-corrected chi connectivity index (χ1v) is 9.56. The van der Waals surface area contributed by atoms with Gasteiger partial charge < -0.3 is 15.0 Å². The number of nitrogens with zero attached hydrogens (tertiary/aromatic N) is 4. The summed E-state index contributed by atoms with van der Waals surface area (Å²) in [7, 11) is 0. The van der Waals surface area contributed by atoms with Crippen molar-refractivity contribution in [3.63, 3.8) is 0 Å². The van der Waals surface area contributed by atoms with Gasteiger partial charge in [0.1, 0.15) is 17.8 Å². The number of fused-ring (bicyclic) bond motifs is 1. The quantitative estimate of drug-likeness (QED) is 0.607.